The van der Waals surface area contributed by atoms with Crippen LogP contribution in [0.25, 0.3) is 10.8 Å². The molecule has 168 valence electrons. The first kappa shape index (κ1) is 23.0. The molecule has 2 aliphatic rings. The Balaban J connectivity index is 0.00000245. The minimum absolute atomic E-state index is 0. The van der Waals surface area contributed by atoms with Gasteiger partial charge in [-0.3, -0.25) is 4.79 Å². The molecule has 3 aromatic carbocycles. The van der Waals surface area contributed by atoms with Gasteiger partial charge in [0.2, 0.25) is 15.9 Å². The summed E-state index contributed by atoms with van der Waals surface area (Å²) in [5.41, 5.74) is 3.32. The molecule has 2 N–H and O–H groups in total. The fraction of sp³-hybridized carbons (Fsp3) is 0.261. The Bertz CT molecular complexity index is 1300. The average Bonchev–Trinajstić information content (AvgIpc) is 3.12. The summed E-state index contributed by atoms with van der Waals surface area (Å²) in [4.78, 5) is 14.8. The van der Waals surface area contributed by atoms with Gasteiger partial charge in [-0.2, -0.15) is 4.72 Å². The third kappa shape index (κ3) is 4.36. The van der Waals surface area contributed by atoms with E-state index in [1.165, 1.54) is 17.2 Å². The maximum Gasteiger partial charge on any atom is 0.245 e. The van der Waals surface area contributed by atoms with Crippen LogP contribution in [0.15, 0.2) is 59.5 Å². The molecular formula is C23H23Cl2N3O3S. The van der Waals surface area contributed by atoms with E-state index in [4.69, 9.17) is 11.6 Å². The van der Waals surface area contributed by atoms with Gasteiger partial charge in [0.25, 0.3) is 0 Å². The summed E-state index contributed by atoms with van der Waals surface area (Å²) in [5.74, 6) is -0.218. The first-order valence-corrected chi connectivity index (χ1v) is 12.1. The lowest BCUT2D eigenvalue weighted by Crippen LogP contribution is -2.41. The van der Waals surface area contributed by atoms with Crippen molar-refractivity contribution in [3.63, 3.8) is 0 Å². The van der Waals surface area contributed by atoms with E-state index in [0.29, 0.717) is 18.0 Å². The van der Waals surface area contributed by atoms with Gasteiger partial charge in [-0.05, 0) is 77.7 Å². The monoisotopic (exact) mass is 491 g/mol. The lowest BCUT2D eigenvalue weighted by molar-refractivity contribution is -0.118. The maximum absolute atomic E-state index is 13.0. The van der Waals surface area contributed by atoms with E-state index in [0.717, 1.165) is 36.0 Å². The van der Waals surface area contributed by atoms with Gasteiger partial charge in [0, 0.05) is 23.8 Å². The number of halogens is 2. The molecule has 0 bridgehead atoms. The second kappa shape index (κ2) is 9.00. The molecule has 0 unspecified atom stereocenters. The normalized spacial score (nSPS) is 18.5. The molecule has 0 radical (unpaired) electrons. The van der Waals surface area contributed by atoms with Crippen LogP contribution in [0.2, 0.25) is 5.02 Å². The Morgan fingerprint density at radius 1 is 1.00 bits per heavy atom. The van der Waals surface area contributed by atoms with E-state index in [-0.39, 0.29) is 23.2 Å². The van der Waals surface area contributed by atoms with Crippen molar-refractivity contribution >= 4 is 56.4 Å². The number of carbonyl (C=O) groups excluding carboxylic acids is 1. The number of anilines is 1. The van der Waals surface area contributed by atoms with Gasteiger partial charge in [-0.25, -0.2) is 8.42 Å². The van der Waals surface area contributed by atoms with Gasteiger partial charge in [0.1, 0.15) is 6.04 Å². The second-order valence-electron chi connectivity index (χ2n) is 7.99. The Morgan fingerprint density at radius 2 is 1.78 bits per heavy atom. The molecule has 0 aliphatic carbocycles. The van der Waals surface area contributed by atoms with Gasteiger partial charge < -0.3 is 10.2 Å². The van der Waals surface area contributed by atoms with Crippen LogP contribution >= 0.6 is 24.0 Å². The fourth-order valence-corrected chi connectivity index (χ4v) is 5.73. The zero-order valence-electron chi connectivity index (χ0n) is 17.2. The fourth-order valence-electron chi connectivity index (χ4n) is 4.29. The van der Waals surface area contributed by atoms with Crippen molar-refractivity contribution in [3.8, 4) is 0 Å². The zero-order valence-corrected chi connectivity index (χ0v) is 19.6. The van der Waals surface area contributed by atoms with Gasteiger partial charge in [-0.1, -0.05) is 29.8 Å². The molecule has 0 saturated carbocycles. The highest BCUT2D eigenvalue weighted by molar-refractivity contribution is 7.89. The van der Waals surface area contributed by atoms with Crippen molar-refractivity contribution in [2.24, 2.45) is 0 Å². The van der Waals surface area contributed by atoms with E-state index < -0.39 is 16.1 Å². The molecule has 2 aliphatic heterocycles. The number of hydrogen-bond acceptors (Lipinski definition) is 4. The van der Waals surface area contributed by atoms with Gasteiger partial charge >= 0.3 is 0 Å². The third-order valence-corrected chi connectivity index (χ3v) is 7.68. The maximum atomic E-state index is 13.0. The van der Waals surface area contributed by atoms with Crippen molar-refractivity contribution < 1.29 is 13.2 Å². The van der Waals surface area contributed by atoms with Crippen LogP contribution in [0.4, 0.5) is 5.69 Å². The standard InChI is InChI=1S/C23H22ClN3O3S.ClH/c24-19-4-1-16-13-21(6-3-15(16)11-19)31(29,30)26-22-8-10-27(23(22)28)20-5-2-18-14-25-9-7-17(18)12-20;/h1-6,11-13,22,25-26H,7-10,14H2;1H/t22-;/m0./s1. The van der Waals surface area contributed by atoms with Crippen LogP contribution in [0.5, 0.6) is 0 Å². The number of fused-ring (bicyclic) bond motifs is 2. The van der Waals surface area contributed by atoms with Gasteiger partial charge in [0.05, 0.1) is 4.90 Å². The number of benzene rings is 3. The van der Waals surface area contributed by atoms with E-state index >= 15 is 0 Å². The Kier molecular flexibility index (Phi) is 6.47. The minimum Gasteiger partial charge on any atom is -0.312 e. The SMILES string of the molecule is Cl.O=C1[C@@H](NS(=O)(=O)c2ccc3cc(Cl)ccc3c2)CCN1c1ccc2c(c1)CCNC2. The largest absolute Gasteiger partial charge is 0.312 e. The highest BCUT2D eigenvalue weighted by atomic mass is 35.5. The Hall–Kier alpha value is -2.16. The van der Waals surface area contributed by atoms with Crippen molar-refractivity contribution in [1.82, 2.24) is 10.0 Å². The Labute approximate surface area is 198 Å². The third-order valence-electron chi connectivity index (χ3n) is 5.98. The van der Waals surface area contributed by atoms with Crippen LogP contribution in [-0.2, 0) is 27.8 Å². The molecular weight excluding hydrogens is 469 g/mol. The molecule has 1 atom stereocenters. The van der Waals surface area contributed by atoms with Crippen LogP contribution < -0.4 is 14.9 Å². The van der Waals surface area contributed by atoms with E-state index in [9.17, 15) is 13.2 Å². The number of carbonyl (C=O) groups is 1. The number of hydrogen-bond donors (Lipinski definition) is 2. The summed E-state index contributed by atoms with van der Waals surface area (Å²) in [6.07, 6.45) is 1.36. The van der Waals surface area contributed by atoms with Gasteiger partial charge in [0.15, 0.2) is 0 Å². The lowest BCUT2D eigenvalue weighted by Gasteiger charge is -2.22. The highest BCUT2D eigenvalue weighted by Crippen LogP contribution is 2.27. The van der Waals surface area contributed by atoms with Gasteiger partial charge in [-0.15, -0.1) is 12.4 Å². The molecule has 0 spiro atoms. The Morgan fingerprint density at radius 3 is 2.62 bits per heavy atom. The number of nitrogens with zero attached hydrogens (tertiary/aromatic N) is 1. The molecule has 1 saturated heterocycles. The average molecular weight is 492 g/mol. The molecule has 1 fully saturated rings. The number of amides is 1. The van der Waals surface area contributed by atoms with Crippen molar-refractivity contribution in [2.45, 2.75) is 30.3 Å². The summed E-state index contributed by atoms with van der Waals surface area (Å²) in [5, 5.41) is 5.56. The first-order chi connectivity index (χ1) is 14.9. The summed E-state index contributed by atoms with van der Waals surface area (Å²) in [7, 11) is -3.84. The van der Waals surface area contributed by atoms with Crippen molar-refractivity contribution in [2.75, 3.05) is 18.0 Å². The zero-order chi connectivity index (χ0) is 21.6. The first-order valence-electron chi connectivity index (χ1n) is 10.3. The van der Waals surface area contributed by atoms with Crippen LogP contribution in [0.3, 0.4) is 0 Å². The minimum atomic E-state index is -3.84. The van der Waals surface area contributed by atoms with E-state index in [1.54, 1.807) is 35.2 Å². The van der Waals surface area contributed by atoms with Crippen LogP contribution in [0, 0.1) is 0 Å². The predicted octanol–water partition coefficient (Wildman–Crippen LogP) is 3.64. The van der Waals surface area contributed by atoms with E-state index in [1.807, 2.05) is 12.1 Å². The smallest absolute Gasteiger partial charge is 0.245 e. The predicted molar refractivity (Wildman–Crippen MR) is 129 cm³/mol. The quantitative estimate of drug-likeness (QED) is 0.583. The highest BCUT2D eigenvalue weighted by Gasteiger charge is 2.36. The lowest BCUT2D eigenvalue weighted by atomic mass is 10.0. The molecule has 5 rings (SSSR count). The molecule has 2 heterocycles. The summed E-state index contributed by atoms with van der Waals surface area (Å²) >= 11 is 6.01. The molecule has 3 aromatic rings. The summed E-state index contributed by atoms with van der Waals surface area (Å²) in [6, 6.07) is 15.4. The summed E-state index contributed by atoms with van der Waals surface area (Å²) in [6.45, 7) is 2.24. The number of sulfonamides is 1. The molecule has 32 heavy (non-hydrogen) atoms. The van der Waals surface area contributed by atoms with E-state index in [2.05, 4.69) is 16.1 Å². The van der Waals surface area contributed by atoms with Crippen molar-refractivity contribution in [1.29, 1.82) is 0 Å². The number of nitrogens with one attached hydrogen (secondary N) is 2. The molecule has 9 heteroatoms. The molecule has 1 amide bonds. The molecule has 0 aromatic heterocycles. The molecule has 6 nitrogen and oxygen atoms in total. The van der Waals surface area contributed by atoms with Crippen molar-refractivity contribution in [3.05, 3.63) is 70.7 Å². The second-order valence-corrected chi connectivity index (χ2v) is 10.1. The topological polar surface area (TPSA) is 78.5 Å². The van der Waals surface area contributed by atoms with Crippen LogP contribution in [-0.4, -0.2) is 33.5 Å². The number of rotatable bonds is 4. The summed E-state index contributed by atoms with van der Waals surface area (Å²) < 4.78 is 28.5. The van der Waals surface area contributed by atoms with Crippen LogP contribution in [0.1, 0.15) is 17.5 Å².